The largest absolute Gasteiger partial charge is 0.497 e. The topological polar surface area (TPSA) is 76.2 Å². The molecule has 3 rings (SSSR count). The SMILES string of the molecule is COc1ccc(CN(C)C(=O)c2cccc(S(=O)(=O)N3CCCC3)c2)c(OC)c1. The number of carbonyl (C=O) groups excluding carboxylic acids is 1. The Morgan fingerprint density at radius 1 is 1.07 bits per heavy atom. The minimum atomic E-state index is -3.57. The summed E-state index contributed by atoms with van der Waals surface area (Å²) in [4.78, 5) is 14.6. The van der Waals surface area contributed by atoms with E-state index < -0.39 is 10.0 Å². The van der Waals surface area contributed by atoms with Crippen LogP contribution in [0.25, 0.3) is 0 Å². The van der Waals surface area contributed by atoms with Gasteiger partial charge in [0.2, 0.25) is 10.0 Å². The van der Waals surface area contributed by atoms with Crippen LogP contribution in [0.15, 0.2) is 47.4 Å². The number of benzene rings is 2. The van der Waals surface area contributed by atoms with Gasteiger partial charge in [-0.3, -0.25) is 4.79 Å². The van der Waals surface area contributed by atoms with Gasteiger partial charge in [-0.15, -0.1) is 0 Å². The first kappa shape index (κ1) is 21.1. The highest BCUT2D eigenvalue weighted by Crippen LogP contribution is 2.26. The van der Waals surface area contributed by atoms with Crippen LogP contribution in [-0.4, -0.2) is 57.9 Å². The number of rotatable bonds is 7. The van der Waals surface area contributed by atoms with Gasteiger partial charge in [-0.1, -0.05) is 6.07 Å². The zero-order valence-corrected chi connectivity index (χ0v) is 17.7. The molecule has 1 fully saturated rings. The molecule has 156 valence electrons. The lowest BCUT2D eigenvalue weighted by Gasteiger charge is -2.20. The smallest absolute Gasteiger partial charge is 0.253 e. The molecule has 0 bridgehead atoms. The maximum absolute atomic E-state index is 12.9. The third-order valence-electron chi connectivity index (χ3n) is 5.03. The van der Waals surface area contributed by atoms with Crippen molar-refractivity contribution < 1.29 is 22.7 Å². The van der Waals surface area contributed by atoms with Gasteiger partial charge < -0.3 is 14.4 Å². The van der Waals surface area contributed by atoms with E-state index in [-0.39, 0.29) is 10.8 Å². The normalized spacial score (nSPS) is 14.6. The van der Waals surface area contributed by atoms with Gasteiger partial charge in [0.1, 0.15) is 11.5 Å². The van der Waals surface area contributed by atoms with Gasteiger partial charge in [-0.25, -0.2) is 8.42 Å². The van der Waals surface area contributed by atoms with Crippen molar-refractivity contribution in [3.63, 3.8) is 0 Å². The number of hydrogen-bond acceptors (Lipinski definition) is 5. The summed E-state index contributed by atoms with van der Waals surface area (Å²) < 4.78 is 37.6. The van der Waals surface area contributed by atoms with Gasteiger partial charge in [0, 0.05) is 43.9 Å². The first-order valence-electron chi connectivity index (χ1n) is 9.43. The maximum Gasteiger partial charge on any atom is 0.253 e. The maximum atomic E-state index is 12.9. The fraction of sp³-hybridized carbons (Fsp3) is 0.381. The minimum absolute atomic E-state index is 0.153. The molecule has 0 atom stereocenters. The average Bonchev–Trinajstić information content (AvgIpc) is 3.29. The highest BCUT2D eigenvalue weighted by Gasteiger charge is 2.28. The lowest BCUT2D eigenvalue weighted by molar-refractivity contribution is 0.0784. The Hall–Kier alpha value is -2.58. The Morgan fingerprint density at radius 3 is 2.45 bits per heavy atom. The van der Waals surface area contributed by atoms with Crippen molar-refractivity contribution in [3.8, 4) is 11.5 Å². The quantitative estimate of drug-likeness (QED) is 0.691. The molecule has 1 saturated heterocycles. The van der Waals surface area contributed by atoms with Gasteiger partial charge >= 0.3 is 0 Å². The van der Waals surface area contributed by atoms with Crippen LogP contribution in [0.5, 0.6) is 11.5 Å². The van der Waals surface area contributed by atoms with Gasteiger partial charge in [-0.2, -0.15) is 4.31 Å². The number of nitrogens with zero attached hydrogens (tertiary/aromatic N) is 2. The summed E-state index contributed by atoms with van der Waals surface area (Å²) in [5.41, 5.74) is 1.16. The molecule has 1 aliphatic heterocycles. The second-order valence-electron chi connectivity index (χ2n) is 6.98. The van der Waals surface area contributed by atoms with E-state index in [0.29, 0.717) is 36.7 Å². The molecule has 2 aromatic rings. The van der Waals surface area contributed by atoms with Crippen molar-refractivity contribution in [1.29, 1.82) is 0 Å². The van der Waals surface area contributed by atoms with E-state index >= 15 is 0 Å². The lowest BCUT2D eigenvalue weighted by Crippen LogP contribution is -2.29. The molecule has 1 heterocycles. The number of hydrogen-bond donors (Lipinski definition) is 0. The van der Waals surface area contributed by atoms with Crippen molar-refractivity contribution in [3.05, 3.63) is 53.6 Å². The molecule has 0 aromatic heterocycles. The van der Waals surface area contributed by atoms with E-state index in [0.717, 1.165) is 18.4 Å². The third kappa shape index (κ3) is 4.54. The number of amides is 1. The molecular formula is C21H26N2O5S. The predicted molar refractivity (Wildman–Crippen MR) is 110 cm³/mol. The summed E-state index contributed by atoms with van der Waals surface area (Å²) in [7, 11) is 1.24. The van der Waals surface area contributed by atoms with Gasteiger partial charge in [0.25, 0.3) is 5.91 Å². The molecule has 0 N–H and O–H groups in total. The molecule has 1 amide bonds. The predicted octanol–water partition coefficient (Wildman–Crippen LogP) is 2.76. The Bertz CT molecular complexity index is 984. The molecule has 0 radical (unpaired) electrons. The van der Waals surface area contributed by atoms with E-state index in [9.17, 15) is 13.2 Å². The molecule has 0 aliphatic carbocycles. The number of ether oxygens (including phenoxy) is 2. The summed E-state index contributed by atoms with van der Waals surface area (Å²) in [6.07, 6.45) is 1.73. The van der Waals surface area contributed by atoms with E-state index in [2.05, 4.69) is 0 Å². The molecule has 2 aromatic carbocycles. The third-order valence-corrected chi connectivity index (χ3v) is 6.93. The minimum Gasteiger partial charge on any atom is -0.497 e. The first-order valence-corrected chi connectivity index (χ1v) is 10.9. The van der Waals surface area contributed by atoms with E-state index in [1.165, 1.54) is 21.3 Å². The van der Waals surface area contributed by atoms with Crippen molar-refractivity contribution >= 4 is 15.9 Å². The van der Waals surface area contributed by atoms with Gasteiger partial charge in [0.05, 0.1) is 19.1 Å². The van der Waals surface area contributed by atoms with E-state index in [1.54, 1.807) is 45.5 Å². The summed E-state index contributed by atoms with van der Waals surface area (Å²) >= 11 is 0. The summed E-state index contributed by atoms with van der Waals surface area (Å²) in [5, 5.41) is 0. The van der Waals surface area contributed by atoms with E-state index in [4.69, 9.17) is 9.47 Å². The van der Waals surface area contributed by atoms with Gasteiger partial charge in [0.15, 0.2) is 0 Å². The highest BCUT2D eigenvalue weighted by molar-refractivity contribution is 7.89. The van der Waals surface area contributed by atoms with Crippen LogP contribution in [0.3, 0.4) is 0 Å². The Morgan fingerprint density at radius 2 is 1.79 bits per heavy atom. The highest BCUT2D eigenvalue weighted by atomic mass is 32.2. The monoisotopic (exact) mass is 418 g/mol. The molecule has 0 spiro atoms. The molecule has 8 heteroatoms. The number of sulfonamides is 1. The molecule has 7 nitrogen and oxygen atoms in total. The van der Waals surface area contributed by atoms with Crippen LogP contribution in [-0.2, 0) is 16.6 Å². The fourth-order valence-corrected chi connectivity index (χ4v) is 4.96. The molecule has 29 heavy (non-hydrogen) atoms. The Labute approximate surface area is 171 Å². The van der Waals surface area contributed by atoms with Crippen LogP contribution >= 0.6 is 0 Å². The second-order valence-corrected chi connectivity index (χ2v) is 8.92. The first-order chi connectivity index (χ1) is 13.9. The van der Waals surface area contributed by atoms with Crippen LogP contribution < -0.4 is 9.47 Å². The molecular weight excluding hydrogens is 392 g/mol. The second kappa shape index (κ2) is 8.84. The summed E-state index contributed by atoms with van der Waals surface area (Å²) in [5.74, 6) is 1.02. The zero-order valence-electron chi connectivity index (χ0n) is 16.9. The van der Waals surface area contributed by atoms with Crippen LogP contribution in [0.1, 0.15) is 28.8 Å². The van der Waals surface area contributed by atoms with Crippen LogP contribution in [0.4, 0.5) is 0 Å². The number of carbonyl (C=O) groups is 1. The Kier molecular flexibility index (Phi) is 6.44. The lowest BCUT2D eigenvalue weighted by atomic mass is 10.1. The summed E-state index contributed by atoms with van der Waals surface area (Å²) in [6.45, 7) is 1.37. The van der Waals surface area contributed by atoms with Crippen molar-refractivity contribution in [1.82, 2.24) is 9.21 Å². The van der Waals surface area contributed by atoms with Crippen molar-refractivity contribution in [2.75, 3.05) is 34.4 Å². The standard InChI is InChI=1S/C21H26N2O5S/c1-22(15-17-9-10-18(27-2)14-20(17)28-3)21(24)16-7-6-8-19(13-16)29(25,26)23-11-4-5-12-23/h6-10,13-14H,4-5,11-12,15H2,1-3H3. The molecule has 1 aliphatic rings. The van der Waals surface area contributed by atoms with Crippen LogP contribution in [0, 0.1) is 0 Å². The number of methoxy groups -OCH3 is 2. The van der Waals surface area contributed by atoms with Crippen molar-refractivity contribution in [2.45, 2.75) is 24.3 Å². The fourth-order valence-electron chi connectivity index (χ4n) is 3.40. The van der Waals surface area contributed by atoms with Crippen molar-refractivity contribution in [2.24, 2.45) is 0 Å². The average molecular weight is 419 g/mol. The summed E-state index contributed by atoms with van der Waals surface area (Å²) in [6, 6.07) is 11.6. The molecule has 0 saturated carbocycles. The van der Waals surface area contributed by atoms with Gasteiger partial charge in [-0.05, 0) is 43.2 Å². The Balaban J connectivity index is 1.80. The zero-order chi connectivity index (χ0) is 21.0. The van der Waals surface area contributed by atoms with E-state index in [1.807, 2.05) is 6.07 Å². The van der Waals surface area contributed by atoms with Crippen LogP contribution in [0.2, 0.25) is 0 Å². The molecule has 0 unspecified atom stereocenters.